The minimum absolute atomic E-state index is 0.247. The zero-order chi connectivity index (χ0) is 17.5. The number of methoxy groups -OCH3 is 1. The second-order valence-corrected chi connectivity index (χ2v) is 8.31. The van der Waals surface area contributed by atoms with Gasteiger partial charge in [0.2, 0.25) is 0 Å². The van der Waals surface area contributed by atoms with Gasteiger partial charge in [-0.2, -0.15) is 0 Å². The Labute approximate surface area is 146 Å². The molecule has 0 radical (unpaired) electrons. The largest absolute Gasteiger partial charge is 0.497 e. The molecule has 1 aliphatic rings. The van der Waals surface area contributed by atoms with Crippen LogP contribution in [0.1, 0.15) is 63.3 Å². The SMILES string of the molecule is COc1ccc(/C(C)=C/c2ccc3c(c2)C(C)(C)CC3(C)C)cc1. The van der Waals surface area contributed by atoms with Crippen molar-refractivity contribution >= 4 is 11.6 Å². The molecule has 1 aliphatic carbocycles. The van der Waals surface area contributed by atoms with Crippen LogP contribution in [-0.2, 0) is 10.8 Å². The molecule has 126 valence electrons. The smallest absolute Gasteiger partial charge is 0.118 e. The van der Waals surface area contributed by atoms with Gasteiger partial charge >= 0.3 is 0 Å². The molecule has 0 aliphatic heterocycles. The van der Waals surface area contributed by atoms with Gasteiger partial charge in [-0.05, 0) is 64.1 Å². The van der Waals surface area contributed by atoms with E-state index in [0.717, 1.165) is 5.75 Å². The first-order valence-electron chi connectivity index (χ1n) is 8.71. The molecule has 0 heterocycles. The van der Waals surface area contributed by atoms with Gasteiger partial charge in [0.15, 0.2) is 0 Å². The normalized spacial score (nSPS) is 18.3. The van der Waals surface area contributed by atoms with Gasteiger partial charge in [-0.25, -0.2) is 0 Å². The summed E-state index contributed by atoms with van der Waals surface area (Å²) in [5.74, 6) is 0.896. The maximum absolute atomic E-state index is 5.24. The lowest BCUT2D eigenvalue weighted by molar-refractivity contribution is 0.403. The minimum Gasteiger partial charge on any atom is -0.497 e. The van der Waals surface area contributed by atoms with Gasteiger partial charge in [-0.1, -0.05) is 64.1 Å². The van der Waals surface area contributed by atoms with Crippen LogP contribution in [0.5, 0.6) is 5.75 Å². The molecular weight excluding hydrogens is 292 g/mol. The zero-order valence-electron chi connectivity index (χ0n) is 15.7. The Morgan fingerprint density at radius 1 is 0.917 bits per heavy atom. The van der Waals surface area contributed by atoms with E-state index in [2.05, 4.69) is 71.0 Å². The molecule has 0 bridgehead atoms. The Kier molecular flexibility index (Phi) is 4.07. The molecule has 0 spiro atoms. The fourth-order valence-electron chi connectivity index (χ4n) is 4.28. The number of hydrogen-bond donors (Lipinski definition) is 0. The van der Waals surface area contributed by atoms with Crippen LogP contribution < -0.4 is 4.74 Å². The minimum atomic E-state index is 0.247. The first-order chi connectivity index (χ1) is 11.2. The molecule has 0 amide bonds. The van der Waals surface area contributed by atoms with Crippen LogP contribution >= 0.6 is 0 Å². The fraction of sp³-hybridized carbons (Fsp3) is 0.391. The molecule has 24 heavy (non-hydrogen) atoms. The Balaban J connectivity index is 1.96. The zero-order valence-corrected chi connectivity index (χ0v) is 15.7. The van der Waals surface area contributed by atoms with Crippen molar-refractivity contribution in [2.45, 2.75) is 51.9 Å². The third kappa shape index (κ3) is 3.00. The monoisotopic (exact) mass is 320 g/mol. The van der Waals surface area contributed by atoms with E-state index in [1.807, 2.05) is 12.1 Å². The Bertz CT molecular complexity index is 776. The predicted octanol–water partition coefficient (Wildman–Crippen LogP) is 6.21. The van der Waals surface area contributed by atoms with Gasteiger partial charge in [-0.3, -0.25) is 0 Å². The quantitative estimate of drug-likeness (QED) is 0.610. The highest BCUT2D eigenvalue weighted by molar-refractivity contribution is 5.80. The third-order valence-electron chi connectivity index (χ3n) is 5.31. The molecule has 1 nitrogen and oxygen atoms in total. The molecule has 0 aromatic heterocycles. The highest BCUT2D eigenvalue weighted by atomic mass is 16.5. The van der Waals surface area contributed by atoms with Crippen molar-refractivity contribution < 1.29 is 4.74 Å². The molecule has 0 N–H and O–H groups in total. The highest BCUT2D eigenvalue weighted by Crippen LogP contribution is 2.49. The lowest BCUT2D eigenvalue weighted by atomic mass is 9.82. The number of fused-ring (bicyclic) bond motifs is 1. The van der Waals surface area contributed by atoms with Gasteiger partial charge in [0.1, 0.15) is 5.75 Å². The van der Waals surface area contributed by atoms with E-state index >= 15 is 0 Å². The summed E-state index contributed by atoms with van der Waals surface area (Å²) in [4.78, 5) is 0. The predicted molar refractivity (Wildman–Crippen MR) is 104 cm³/mol. The molecule has 0 saturated carbocycles. The lowest BCUT2D eigenvalue weighted by Crippen LogP contribution is -2.17. The summed E-state index contributed by atoms with van der Waals surface area (Å²) in [5, 5.41) is 0. The summed E-state index contributed by atoms with van der Waals surface area (Å²) in [6.45, 7) is 11.6. The van der Waals surface area contributed by atoms with Crippen LogP contribution in [0.4, 0.5) is 0 Å². The van der Waals surface area contributed by atoms with Crippen LogP contribution in [-0.4, -0.2) is 7.11 Å². The number of allylic oxidation sites excluding steroid dienone is 1. The first kappa shape index (κ1) is 16.8. The van der Waals surface area contributed by atoms with E-state index in [4.69, 9.17) is 4.74 Å². The molecule has 1 heteroatoms. The molecule has 0 saturated heterocycles. The van der Waals surface area contributed by atoms with Crippen LogP contribution in [0.3, 0.4) is 0 Å². The van der Waals surface area contributed by atoms with Crippen molar-refractivity contribution in [1.29, 1.82) is 0 Å². The average molecular weight is 320 g/mol. The molecule has 3 rings (SSSR count). The van der Waals surface area contributed by atoms with Crippen molar-refractivity contribution in [2.75, 3.05) is 7.11 Å². The van der Waals surface area contributed by atoms with Crippen LogP contribution in [0.2, 0.25) is 0 Å². The summed E-state index contributed by atoms with van der Waals surface area (Å²) >= 11 is 0. The van der Waals surface area contributed by atoms with Crippen LogP contribution in [0.25, 0.3) is 11.6 Å². The Morgan fingerprint density at radius 3 is 2.17 bits per heavy atom. The van der Waals surface area contributed by atoms with E-state index in [9.17, 15) is 0 Å². The van der Waals surface area contributed by atoms with Crippen molar-refractivity contribution in [3.05, 3.63) is 64.7 Å². The maximum Gasteiger partial charge on any atom is 0.118 e. The lowest BCUT2D eigenvalue weighted by Gasteiger charge is -2.22. The molecule has 0 fully saturated rings. The highest BCUT2D eigenvalue weighted by Gasteiger charge is 2.41. The summed E-state index contributed by atoms with van der Waals surface area (Å²) < 4.78 is 5.24. The van der Waals surface area contributed by atoms with Gasteiger partial charge < -0.3 is 4.74 Å². The van der Waals surface area contributed by atoms with Gasteiger partial charge in [0, 0.05) is 0 Å². The number of benzene rings is 2. The number of ether oxygens (including phenoxy) is 1. The average Bonchev–Trinajstić information content (AvgIpc) is 2.72. The number of rotatable bonds is 3. The summed E-state index contributed by atoms with van der Waals surface area (Å²) in [6.07, 6.45) is 3.49. The van der Waals surface area contributed by atoms with E-state index < -0.39 is 0 Å². The maximum atomic E-state index is 5.24. The van der Waals surface area contributed by atoms with Crippen molar-refractivity contribution in [3.8, 4) is 5.75 Å². The Morgan fingerprint density at radius 2 is 1.54 bits per heavy atom. The molecule has 2 aromatic rings. The van der Waals surface area contributed by atoms with Crippen molar-refractivity contribution in [1.82, 2.24) is 0 Å². The second kappa shape index (κ2) is 5.81. The van der Waals surface area contributed by atoms with E-state index in [0.29, 0.717) is 0 Å². The van der Waals surface area contributed by atoms with Gasteiger partial charge in [0.25, 0.3) is 0 Å². The topological polar surface area (TPSA) is 9.23 Å². The van der Waals surface area contributed by atoms with Crippen molar-refractivity contribution in [2.24, 2.45) is 0 Å². The van der Waals surface area contributed by atoms with Crippen LogP contribution in [0, 0.1) is 0 Å². The fourth-order valence-corrected chi connectivity index (χ4v) is 4.28. The summed E-state index contributed by atoms with van der Waals surface area (Å²) in [6, 6.07) is 15.2. The second-order valence-electron chi connectivity index (χ2n) is 8.31. The first-order valence-corrected chi connectivity index (χ1v) is 8.71. The Hall–Kier alpha value is -2.02. The van der Waals surface area contributed by atoms with Gasteiger partial charge in [0.05, 0.1) is 7.11 Å². The van der Waals surface area contributed by atoms with E-state index in [-0.39, 0.29) is 10.8 Å². The summed E-state index contributed by atoms with van der Waals surface area (Å²) in [5.41, 5.74) is 7.31. The summed E-state index contributed by atoms with van der Waals surface area (Å²) in [7, 11) is 1.70. The molecule has 2 aromatic carbocycles. The van der Waals surface area contributed by atoms with E-state index in [1.165, 1.54) is 34.2 Å². The molecular formula is C23H28O. The van der Waals surface area contributed by atoms with Crippen molar-refractivity contribution in [3.63, 3.8) is 0 Å². The van der Waals surface area contributed by atoms with Crippen LogP contribution in [0.15, 0.2) is 42.5 Å². The molecule has 0 unspecified atom stereocenters. The van der Waals surface area contributed by atoms with E-state index in [1.54, 1.807) is 7.11 Å². The van der Waals surface area contributed by atoms with Gasteiger partial charge in [-0.15, -0.1) is 0 Å². The third-order valence-corrected chi connectivity index (χ3v) is 5.31. The molecule has 0 atom stereocenters. The standard InChI is InChI=1S/C23H28O/c1-16(18-8-10-19(24-6)11-9-18)13-17-7-12-20-21(14-17)23(4,5)15-22(20,2)3/h7-14H,15H2,1-6H3/b16-13+. The number of hydrogen-bond acceptors (Lipinski definition) is 1.